The van der Waals surface area contributed by atoms with Crippen LogP contribution >= 0.6 is 22.9 Å². The van der Waals surface area contributed by atoms with Gasteiger partial charge in [0.2, 0.25) is 12.0 Å². The van der Waals surface area contributed by atoms with Crippen molar-refractivity contribution in [3.05, 3.63) is 131 Å². The Morgan fingerprint density at radius 1 is 0.955 bits per heavy atom. The van der Waals surface area contributed by atoms with Gasteiger partial charge in [0.05, 0.1) is 22.6 Å². The first-order valence-corrected chi connectivity index (χ1v) is 24.5. The molecule has 13 nitrogen and oxygen atoms in total. The van der Waals surface area contributed by atoms with Crippen LogP contribution in [0.1, 0.15) is 22.4 Å². The summed E-state index contributed by atoms with van der Waals surface area (Å²) < 4.78 is 58.9. The van der Waals surface area contributed by atoms with Crippen LogP contribution in [0.2, 0.25) is 5.02 Å². The normalized spacial score (nSPS) is 17.2. The molecule has 1 saturated heterocycles. The quantitative estimate of drug-likeness (QED) is 0.147. The van der Waals surface area contributed by atoms with Crippen molar-refractivity contribution in [2.45, 2.75) is 37.4 Å². The Balaban J connectivity index is 1.13. The lowest BCUT2D eigenvalue weighted by Gasteiger charge is -2.34. The topological polar surface area (TPSA) is 157 Å². The minimum absolute atomic E-state index is 0.0258. The smallest absolute Gasteiger partial charge is 0.345 e. The van der Waals surface area contributed by atoms with Gasteiger partial charge in [0, 0.05) is 84.1 Å². The van der Waals surface area contributed by atoms with Gasteiger partial charge in [-0.25, -0.2) is 37.5 Å². The number of sulfone groups is 1. The molecule has 6 heterocycles. The summed E-state index contributed by atoms with van der Waals surface area (Å²) in [6.07, 6.45) is 3.02. The molecule has 0 spiro atoms. The van der Waals surface area contributed by atoms with Crippen molar-refractivity contribution in [2.75, 3.05) is 52.6 Å². The first-order valence-electron chi connectivity index (χ1n) is 21.4. The molecule has 4 aromatic carbocycles. The number of fused-ring (bicyclic) bond motifs is 7. The second-order valence-electron chi connectivity index (χ2n) is 16.7. The van der Waals surface area contributed by atoms with Crippen LogP contribution in [0.5, 0.6) is 17.4 Å². The van der Waals surface area contributed by atoms with Crippen LogP contribution in [0, 0.1) is 18.7 Å². The van der Waals surface area contributed by atoms with Crippen LogP contribution in [-0.2, 0) is 34.1 Å². The Morgan fingerprint density at radius 3 is 2.52 bits per heavy atom. The number of hydrogen-bond acceptors (Lipinski definition) is 13. The summed E-state index contributed by atoms with van der Waals surface area (Å²) >= 11 is 8.72. The maximum absolute atomic E-state index is 14.3. The third-order valence-corrected chi connectivity index (χ3v) is 14.8. The third-order valence-electron chi connectivity index (χ3n) is 12.0. The van der Waals surface area contributed by atoms with E-state index in [1.807, 2.05) is 19.1 Å². The van der Waals surface area contributed by atoms with Crippen molar-refractivity contribution in [3.63, 3.8) is 0 Å². The average Bonchev–Trinajstić information content (AvgIpc) is 3.70. The molecule has 0 radical (unpaired) electrons. The van der Waals surface area contributed by atoms with Gasteiger partial charge >= 0.3 is 5.97 Å². The highest BCUT2D eigenvalue weighted by molar-refractivity contribution is 7.90. The molecule has 0 unspecified atom stereocenters. The van der Waals surface area contributed by atoms with Gasteiger partial charge in [-0.2, -0.15) is 0 Å². The van der Waals surface area contributed by atoms with Crippen molar-refractivity contribution in [1.82, 2.24) is 29.7 Å². The Kier molecular flexibility index (Phi) is 13.0. The van der Waals surface area contributed by atoms with Gasteiger partial charge in [-0.1, -0.05) is 48.0 Å². The maximum Gasteiger partial charge on any atom is 0.345 e. The van der Waals surface area contributed by atoms with Crippen molar-refractivity contribution in [1.29, 1.82) is 0 Å². The highest BCUT2D eigenvalue weighted by atomic mass is 35.5. The standard InChI is InChI=1S/C49H46ClFN6O7S2/c1-29-37-14-10-32(44(29)50)22-30(25-57-20-18-56(2)19-21-57)26-62-36-13-15-39(63-27-35-16-17-52-46(55-35)38-6-4-5-7-41(38)66(3,60)61)33(23-36)24-40(49(58)59)64-47-43-42(37)45(65-48(43)54-28-53-47)31-8-11-34(51)12-9-31/h4-17,23,28,30,40H,18-22,24-27H2,1-3H3,(H,58,59)/t30-,40-/m1/s1. The summed E-state index contributed by atoms with van der Waals surface area (Å²) in [4.78, 5) is 37.6. The summed E-state index contributed by atoms with van der Waals surface area (Å²) in [7, 11) is -1.45. The molecule has 3 aromatic heterocycles. The van der Waals surface area contributed by atoms with Gasteiger partial charge in [-0.05, 0) is 91.2 Å². The molecule has 17 heteroatoms. The van der Waals surface area contributed by atoms with Crippen molar-refractivity contribution in [3.8, 4) is 50.3 Å². The molecule has 0 amide bonds. The second kappa shape index (κ2) is 19.1. The summed E-state index contributed by atoms with van der Waals surface area (Å²) in [6, 6.07) is 23.8. The highest BCUT2D eigenvalue weighted by Gasteiger charge is 2.30. The van der Waals surface area contributed by atoms with Crippen LogP contribution in [0.15, 0.2) is 102 Å². The molecule has 7 aromatic rings. The lowest BCUT2D eigenvalue weighted by atomic mass is 9.91. The summed E-state index contributed by atoms with van der Waals surface area (Å²) in [5.74, 6) is -0.443. The number of carboxylic acids is 1. The van der Waals surface area contributed by atoms with E-state index in [9.17, 15) is 22.7 Å². The van der Waals surface area contributed by atoms with Gasteiger partial charge in [0.15, 0.2) is 15.7 Å². The summed E-state index contributed by atoms with van der Waals surface area (Å²) in [5.41, 5.74) is 5.31. The Labute approximate surface area is 390 Å². The summed E-state index contributed by atoms with van der Waals surface area (Å²) in [6.45, 7) is 6.80. The van der Waals surface area contributed by atoms with Crippen LogP contribution < -0.4 is 14.2 Å². The number of halogens is 2. The zero-order valence-corrected chi connectivity index (χ0v) is 38.8. The number of rotatable bonds is 9. The predicted octanol–water partition coefficient (Wildman–Crippen LogP) is 8.44. The molecular weight excluding hydrogens is 903 g/mol. The predicted molar refractivity (Wildman–Crippen MR) is 252 cm³/mol. The van der Waals surface area contributed by atoms with E-state index in [4.69, 9.17) is 25.8 Å². The number of aliphatic carboxylic acids is 1. The average molecular weight is 950 g/mol. The largest absolute Gasteiger partial charge is 0.493 e. The second-order valence-corrected chi connectivity index (χ2v) is 20.1. The number of benzene rings is 4. The maximum atomic E-state index is 14.3. The Bertz CT molecular complexity index is 3060. The van der Waals surface area contributed by atoms with E-state index in [1.54, 1.807) is 54.6 Å². The number of nitrogens with zero attached hydrogens (tertiary/aromatic N) is 6. The van der Waals surface area contributed by atoms with E-state index in [1.165, 1.54) is 42.1 Å². The van der Waals surface area contributed by atoms with E-state index in [0.717, 1.165) is 66.1 Å². The molecule has 10 rings (SSSR count). The molecule has 1 fully saturated rings. The zero-order chi connectivity index (χ0) is 46.1. The number of thiophene rings is 1. The molecule has 3 aliphatic heterocycles. The minimum Gasteiger partial charge on any atom is -0.493 e. The fourth-order valence-corrected chi connectivity index (χ4v) is 10.8. The van der Waals surface area contributed by atoms with Crippen LogP contribution in [0.25, 0.3) is 43.2 Å². The van der Waals surface area contributed by atoms with E-state index in [-0.39, 0.29) is 41.4 Å². The fraction of sp³-hybridized carbons (Fsp3) is 0.286. The molecule has 0 saturated carbocycles. The van der Waals surface area contributed by atoms with Gasteiger partial charge in [0.1, 0.15) is 35.1 Å². The Morgan fingerprint density at radius 2 is 1.74 bits per heavy atom. The van der Waals surface area contributed by atoms with Crippen molar-refractivity contribution >= 4 is 49.0 Å². The highest BCUT2D eigenvalue weighted by Crippen LogP contribution is 2.49. The van der Waals surface area contributed by atoms with E-state index < -0.39 is 21.9 Å². The monoisotopic (exact) mass is 948 g/mol. The number of carboxylic acid groups (broad SMARTS) is 1. The van der Waals surface area contributed by atoms with Gasteiger partial charge < -0.3 is 29.1 Å². The van der Waals surface area contributed by atoms with Gasteiger partial charge in [-0.3, -0.25) is 0 Å². The van der Waals surface area contributed by atoms with Crippen LogP contribution in [0.3, 0.4) is 0 Å². The summed E-state index contributed by atoms with van der Waals surface area (Å²) in [5, 5.41) is 11.9. The first-order chi connectivity index (χ1) is 31.8. The van der Waals surface area contributed by atoms with E-state index >= 15 is 0 Å². The lowest BCUT2D eigenvalue weighted by Crippen LogP contribution is -2.46. The molecule has 3 aliphatic rings. The molecule has 0 aliphatic carbocycles. The van der Waals surface area contributed by atoms with Crippen molar-refractivity contribution in [2.24, 2.45) is 5.92 Å². The van der Waals surface area contributed by atoms with Crippen molar-refractivity contribution < 1.29 is 36.9 Å². The van der Waals surface area contributed by atoms with E-state index in [0.29, 0.717) is 62.2 Å². The number of carbonyl (C=O) groups is 1. The number of ether oxygens (including phenoxy) is 3. The number of hydrogen-bond donors (Lipinski definition) is 1. The molecule has 66 heavy (non-hydrogen) atoms. The SMILES string of the molecule is Cc1c2ccc(c1Cl)C[C@H](CN1CCN(C)CC1)COc1ccc(OCc3ccnc(-c4ccccc4S(C)(=O)=O)n3)c(c1)C[C@H](C(=O)O)Oc1ncnc3sc(-c4ccc(F)cc4)c-2c13. The molecule has 4 bridgehead atoms. The van der Waals surface area contributed by atoms with Gasteiger partial charge in [-0.15, -0.1) is 11.3 Å². The number of piperazine rings is 1. The number of aromatic nitrogens is 4. The Hall–Kier alpha value is -6.04. The molecule has 340 valence electrons. The van der Waals surface area contributed by atoms with Crippen LogP contribution in [-0.4, -0.2) is 108 Å². The van der Waals surface area contributed by atoms with Gasteiger partial charge in [0.25, 0.3) is 0 Å². The van der Waals surface area contributed by atoms with E-state index in [2.05, 4.69) is 36.8 Å². The molecule has 2 atom stereocenters. The minimum atomic E-state index is -3.58. The number of likely N-dealkylation sites (N-methyl/N-ethyl adjacent to an activating group) is 1. The fourth-order valence-electron chi connectivity index (χ4n) is 8.52. The molecular formula is C49H46ClFN6O7S2. The third kappa shape index (κ3) is 9.74. The van der Waals surface area contributed by atoms with Crippen LogP contribution in [0.4, 0.5) is 4.39 Å². The molecule has 1 N–H and O–H groups in total. The lowest BCUT2D eigenvalue weighted by molar-refractivity contribution is -0.145. The first kappa shape index (κ1) is 45.1. The zero-order valence-electron chi connectivity index (χ0n) is 36.4.